The largest absolute Gasteiger partial charge is 0.493 e. The lowest BCUT2D eigenvalue weighted by molar-refractivity contribution is 0.306. The predicted octanol–water partition coefficient (Wildman–Crippen LogP) is 10.3. The molecule has 2 heteroatoms. The minimum atomic E-state index is 0.697. The van der Waals surface area contributed by atoms with E-state index < -0.39 is 0 Å². The van der Waals surface area contributed by atoms with Gasteiger partial charge in [-0.05, 0) is 92.3 Å². The van der Waals surface area contributed by atoms with Crippen molar-refractivity contribution in [1.29, 1.82) is 0 Å². The van der Waals surface area contributed by atoms with Gasteiger partial charge < -0.3 is 9.47 Å². The van der Waals surface area contributed by atoms with Crippen LogP contribution in [0.15, 0.2) is 97.1 Å². The summed E-state index contributed by atoms with van der Waals surface area (Å²) in [6, 6.07) is 35.1. The van der Waals surface area contributed by atoms with Crippen molar-refractivity contribution in [2.24, 2.45) is 0 Å². The molecule has 0 spiro atoms. The van der Waals surface area contributed by atoms with Gasteiger partial charge in [-0.3, -0.25) is 0 Å². The molecule has 2 nitrogen and oxygen atoms in total. The summed E-state index contributed by atoms with van der Waals surface area (Å²) in [5, 5.41) is 9.75. The number of benzene rings is 6. The summed E-state index contributed by atoms with van der Waals surface area (Å²) < 4.78 is 13.0. The van der Waals surface area contributed by atoms with Crippen LogP contribution in [0.4, 0.5) is 0 Å². The summed E-state index contributed by atoms with van der Waals surface area (Å²) in [4.78, 5) is 0. The Morgan fingerprint density at radius 2 is 0.842 bits per heavy atom. The smallest absolute Gasteiger partial charge is 0.127 e. The topological polar surface area (TPSA) is 18.5 Å². The van der Waals surface area contributed by atoms with Gasteiger partial charge in [-0.2, -0.15) is 0 Å². The van der Waals surface area contributed by atoms with Crippen LogP contribution in [0.1, 0.15) is 39.5 Å². The molecule has 0 aliphatic rings. The van der Waals surface area contributed by atoms with Crippen molar-refractivity contribution in [1.82, 2.24) is 0 Å². The summed E-state index contributed by atoms with van der Waals surface area (Å²) in [6.07, 6.45) is 4.24. The summed E-state index contributed by atoms with van der Waals surface area (Å²) in [5.41, 5.74) is 2.24. The average molecular weight is 499 g/mol. The molecule has 0 fully saturated rings. The molecule has 0 aliphatic carbocycles. The lowest BCUT2D eigenvalue weighted by atomic mass is 9.90. The first-order valence-electron chi connectivity index (χ1n) is 13.9. The standard InChI is InChI=1S/C36H34O2/c1-3-5-19-37-33-17-15-29-21-25-11-7-9-13-27(25)23-31(29)35(33)36-32-24-28-14-10-8-12-26(28)22-30(32)16-18-34(36)38-20-6-4-2/h7-18,21-24H,3-6,19-20H2,1-2H3. The Kier molecular flexibility index (Phi) is 6.88. The Morgan fingerprint density at radius 3 is 1.24 bits per heavy atom. The Bertz CT molecular complexity index is 1620. The molecule has 0 radical (unpaired) electrons. The second-order valence-corrected chi connectivity index (χ2v) is 10.1. The number of hydrogen-bond donors (Lipinski definition) is 0. The zero-order valence-corrected chi connectivity index (χ0v) is 22.3. The van der Waals surface area contributed by atoms with Gasteiger partial charge in [0.15, 0.2) is 0 Å². The van der Waals surface area contributed by atoms with Crippen molar-refractivity contribution < 1.29 is 9.47 Å². The third-order valence-corrected chi connectivity index (χ3v) is 7.46. The van der Waals surface area contributed by atoms with Crippen molar-refractivity contribution in [2.75, 3.05) is 13.2 Å². The van der Waals surface area contributed by atoms with Gasteiger partial charge in [-0.15, -0.1) is 0 Å². The lowest BCUT2D eigenvalue weighted by Gasteiger charge is -2.20. The first-order valence-corrected chi connectivity index (χ1v) is 13.9. The SMILES string of the molecule is CCCCOc1ccc2cc3ccccc3cc2c1-c1c(OCCCC)ccc2cc3ccccc3cc12. The Hall–Kier alpha value is -4.04. The number of fused-ring (bicyclic) bond motifs is 4. The maximum absolute atomic E-state index is 6.51. The second-order valence-electron chi connectivity index (χ2n) is 10.1. The second kappa shape index (κ2) is 10.8. The lowest BCUT2D eigenvalue weighted by Crippen LogP contribution is -2.02. The summed E-state index contributed by atoms with van der Waals surface area (Å²) >= 11 is 0. The van der Waals surface area contributed by atoms with Gasteiger partial charge in [0.1, 0.15) is 11.5 Å². The van der Waals surface area contributed by atoms with E-state index in [0.29, 0.717) is 13.2 Å². The van der Waals surface area contributed by atoms with E-state index in [1.54, 1.807) is 0 Å². The minimum absolute atomic E-state index is 0.697. The summed E-state index contributed by atoms with van der Waals surface area (Å²) in [7, 11) is 0. The maximum atomic E-state index is 6.51. The van der Waals surface area contributed by atoms with E-state index in [2.05, 4.69) is 111 Å². The van der Waals surface area contributed by atoms with Crippen LogP contribution in [0, 0.1) is 0 Å². The van der Waals surface area contributed by atoms with E-state index in [-0.39, 0.29) is 0 Å². The highest BCUT2D eigenvalue weighted by atomic mass is 16.5. The molecule has 0 bridgehead atoms. The van der Waals surface area contributed by atoms with Gasteiger partial charge in [0.2, 0.25) is 0 Å². The van der Waals surface area contributed by atoms with Gasteiger partial charge in [-0.1, -0.05) is 87.4 Å². The monoisotopic (exact) mass is 498 g/mol. The first-order chi connectivity index (χ1) is 18.8. The highest BCUT2D eigenvalue weighted by Gasteiger charge is 2.20. The summed E-state index contributed by atoms with van der Waals surface area (Å²) in [5.74, 6) is 1.84. The Labute approximate surface area is 224 Å². The van der Waals surface area contributed by atoms with E-state index in [1.807, 2.05) is 0 Å². The fourth-order valence-corrected chi connectivity index (χ4v) is 5.40. The predicted molar refractivity (Wildman–Crippen MR) is 163 cm³/mol. The molecule has 6 rings (SSSR count). The van der Waals surface area contributed by atoms with Crippen LogP contribution in [-0.4, -0.2) is 13.2 Å². The van der Waals surface area contributed by atoms with Crippen molar-refractivity contribution in [3.63, 3.8) is 0 Å². The van der Waals surface area contributed by atoms with E-state index in [4.69, 9.17) is 9.47 Å². The molecule has 0 saturated heterocycles. The molecule has 0 N–H and O–H groups in total. The van der Waals surface area contributed by atoms with Crippen LogP contribution in [0.25, 0.3) is 54.2 Å². The molecule has 190 valence electrons. The Morgan fingerprint density at radius 1 is 0.447 bits per heavy atom. The third kappa shape index (κ3) is 4.56. The number of ether oxygens (including phenoxy) is 2. The molecule has 0 atom stereocenters. The molecular weight excluding hydrogens is 464 g/mol. The van der Waals surface area contributed by atoms with E-state index >= 15 is 0 Å². The highest BCUT2D eigenvalue weighted by Crippen LogP contribution is 2.47. The van der Waals surface area contributed by atoms with Gasteiger partial charge in [0, 0.05) is 11.1 Å². The Balaban J connectivity index is 1.70. The van der Waals surface area contributed by atoms with E-state index in [9.17, 15) is 0 Å². The normalized spacial score (nSPS) is 11.5. The van der Waals surface area contributed by atoms with Crippen molar-refractivity contribution in [3.8, 4) is 22.6 Å². The zero-order chi connectivity index (χ0) is 25.9. The first kappa shape index (κ1) is 24.3. The average Bonchev–Trinajstić information content (AvgIpc) is 2.95. The molecule has 0 amide bonds. The molecule has 0 unspecified atom stereocenters. The van der Waals surface area contributed by atoms with Crippen molar-refractivity contribution in [2.45, 2.75) is 39.5 Å². The summed E-state index contributed by atoms with van der Waals surface area (Å²) in [6.45, 7) is 5.79. The maximum Gasteiger partial charge on any atom is 0.127 e. The number of hydrogen-bond acceptors (Lipinski definition) is 2. The van der Waals surface area contributed by atoms with Crippen LogP contribution in [0.2, 0.25) is 0 Å². The van der Waals surface area contributed by atoms with Gasteiger partial charge in [0.05, 0.1) is 13.2 Å². The van der Waals surface area contributed by atoms with Crippen LogP contribution < -0.4 is 9.47 Å². The molecule has 0 saturated carbocycles. The number of unbranched alkanes of at least 4 members (excludes halogenated alkanes) is 2. The van der Waals surface area contributed by atoms with Gasteiger partial charge in [-0.25, -0.2) is 0 Å². The van der Waals surface area contributed by atoms with Gasteiger partial charge in [0.25, 0.3) is 0 Å². The van der Waals surface area contributed by atoms with Gasteiger partial charge >= 0.3 is 0 Å². The molecule has 0 heterocycles. The molecule has 6 aromatic carbocycles. The van der Waals surface area contributed by atoms with Crippen molar-refractivity contribution in [3.05, 3.63) is 97.1 Å². The van der Waals surface area contributed by atoms with Crippen LogP contribution in [0.3, 0.4) is 0 Å². The van der Waals surface area contributed by atoms with Crippen LogP contribution >= 0.6 is 0 Å². The van der Waals surface area contributed by atoms with Crippen molar-refractivity contribution >= 4 is 43.1 Å². The zero-order valence-electron chi connectivity index (χ0n) is 22.3. The van der Waals surface area contributed by atoms with E-state index in [1.165, 1.54) is 43.1 Å². The molecule has 38 heavy (non-hydrogen) atoms. The minimum Gasteiger partial charge on any atom is -0.493 e. The van der Waals surface area contributed by atoms with Crippen LogP contribution in [0.5, 0.6) is 11.5 Å². The molecular formula is C36H34O2. The molecule has 0 aliphatic heterocycles. The fraction of sp³-hybridized carbons (Fsp3) is 0.222. The third-order valence-electron chi connectivity index (χ3n) is 7.46. The highest BCUT2D eigenvalue weighted by molar-refractivity contribution is 6.14. The number of rotatable bonds is 9. The molecule has 0 aromatic heterocycles. The van der Waals surface area contributed by atoms with E-state index in [0.717, 1.165) is 48.3 Å². The van der Waals surface area contributed by atoms with Crippen LogP contribution in [-0.2, 0) is 0 Å². The fourth-order valence-electron chi connectivity index (χ4n) is 5.40. The quantitative estimate of drug-likeness (QED) is 0.146. The molecule has 6 aromatic rings.